The number of hydrogen-bond donors (Lipinski definition) is 5. The Bertz CT molecular complexity index is 1120. The van der Waals surface area contributed by atoms with Gasteiger partial charge < -0.3 is 26.7 Å². The number of aromatic amines is 1. The summed E-state index contributed by atoms with van der Waals surface area (Å²) in [5, 5.41) is 5.76. The Morgan fingerprint density at radius 3 is 2.45 bits per heavy atom. The van der Waals surface area contributed by atoms with Crippen molar-refractivity contribution in [1.29, 1.82) is 0 Å². The minimum atomic E-state index is -0.938. The summed E-state index contributed by atoms with van der Waals surface area (Å²) in [5.74, 6) is -1.39. The summed E-state index contributed by atoms with van der Waals surface area (Å²) in [4.78, 5) is 46.8. The number of aromatic nitrogens is 4. The zero-order chi connectivity index (χ0) is 22.5. The summed E-state index contributed by atoms with van der Waals surface area (Å²) in [6, 6.07) is 6.41. The maximum Gasteiger partial charge on any atom is 0.267 e. The van der Waals surface area contributed by atoms with E-state index in [1.165, 1.54) is 0 Å². The molecule has 31 heavy (non-hydrogen) atoms. The van der Waals surface area contributed by atoms with Gasteiger partial charge in [-0.3, -0.25) is 19.4 Å². The van der Waals surface area contributed by atoms with Gasteiger partial charge in [-0.15, -0.1) is 0 Å². The van der Waals surface area contributed by atoms with Crippen LogP contribution in [0, 0.1) is 5.92 Å². The first-order valence-electron chi connectivity index (χ1n) is 9.60. The Morgan fingerprint density at radius 2 is 1.90 bits per heavy atom. The van der Waals surface area contributed by atoms with E-state index in [2.05, 4.69) is 25.6 Å². The summed E-state index contributed by atoms with van der Waals surface area (Å²) in [6.45, 7) is 3.87. The number of nitrogens with two attached hydrogens (primary N) is 2. The van der Waals surface area contributed by atoms with E-state index in [1.807, 2.05) is 30.5 Å². The van der Waals surface area contributed by atoms with Crippen LogP contribution in [0.5, 0.6) is 0 Å². The number of carbonyl (C=O) groups excluding carboxylic acids is 2. The van der Waals surface area contributed by atoms with Gasteiger partial charge in [0.05, 0.1) is 6.33 Å². The SMILES string of the molecule is CC(C)C[C@@H](Nc1nc(Nc2ccc(-n3ccnc3)cc2)c(C(N)=O)c(=O)[nH]1)C(N)=O. The van der Waals surface area contributed by atoms with E-state index in [9.17, 15) is 14.4 Å². The molecule has 2 heterocycles. The minimum absolute atomic E-state index is 0.00279. The van der Waals surface area contributed by atoms with Crippen molar-refractivity contribution in [1.82, 2.24) is 19.5 Å². The molecule has 2 amide bonds. The third-order valence-electron chi connectivity index (χ3n) is 4.46. The Balaban J connectivity index is 1.91. The monoisotopic (exact) mass is 424 g/mol. The molecule has 2 aromatic heterocycles. The van der Waals surface area contributed by atoms with Crippen molar-refractivity contribution in [3.8, 4) is 5.69 Å². The zero-order valence-corrected chi connectivity index (χ0v) is 17.1. The average molecular weight is 424 g/mol. The summed E-state index contributed by atoms with van der Waals surface area (Å²) in [7, 11) is 0. The average Bonchev–Trinajstić information content (AvgIpc) is 3.22. The number of primary amides is 2. The van der Waals surface area contributed by atoms with Gasteiger partial charge in [0.25, 0.3) is 11.5 Å². The Morgan fingerprint density at radius 1 is 1.19 bits per heavy atom. The van der Waals surface area contributed by atoms with Gasteiger partial charge in [-0.1, -0.05) is 13.8 Å². The lowest BCUT2D eigenvalue weighted by atomic mass is 10.0. The summed E-state index contributed by atoms with van der Waals surface area (Å²) in [5.41, 5.74) is 11.2. The second kappa shape index (κ2) is 9.11. The first kappa shape index (κ1) is 21.6. The van der Waals surface area contributed by atoms with Crippen molar-refractivity contribution < 1.29 is 9.59 Å². The highest BCUT2D eigenvalue weighted by molar-refractivity contribution is 5.98. The number of nitrogens with one attached hydrogen (secondary N) is 3. The van der Waals surface area contributed by atoms with Crippen LogP contribution in [0.15, 0.2) is 47.8 Å². The maximum atomic E-state index is 12.5. The number of amides is 2. The van der Waals surface area contributed by atoms with E-state index in [-0.39, 0.29) is 23.2 Å². The lowest BCUT2D eigenvalue weighted by Gasteiger charge is -2.18. The third kappa shape index (κ3) is 5.26. The fourth-order valence-corrected chi connectivity index (χ4v) is 3.01. The molecule has 3 rings (SSSR count). The van der Waals surface area contributed by atoms with Gasteiger partial charge in [0.2, 0.25) is 11.9 Å². The molecule has 0 radical (unpaired) electrons. The van der Waals surface area contributed by atoms with E-state index in [0.29, 0.717) is 12.1 Å². The molecule has 162 valence electrons. The molecular weight excluding hydrogens is 400 g/mol. The molecule has 0 bridgehead atoms. The number of imidazole rings is 1. The fraction of sp³-hybridized carbons (Fsp3) is 0.250. The van der Waals surface area contributed by atoms with Crippen molar-refractivity contribution in [3.63, 3.8) is 0 Å². The van der Waals surface area contributed by atoms with Crippen LogP contribution in [0.25, 0.3) is 5.69 Å². The maximum absolute atomic E-state index is 12.5. The third-order valence-corrected chi connectivity index (χ3v) is 4.46. The number of anilines is 3. The highest BCUT2D eigenvalue weighted by Gasteiger charge is 2.21. The Labute approximate surface area is 177 Å². The second-order valence-corrected chi connectivity index (χ2v) is 7.37. The molecule has 0 unspecified atom stereocenters. The first-order valence-corrected chi connectivity index (χ1v) is 9.60. The first-order chi connectivity index (χ1) is 14.7. The van der Waals surface area contributed by atoms with Gasteiger partial charge in [-0.25, -0.2) is 4.98 Å². The van der Waals surface area contributed by atoms with Gasteiger partial charge in [-0.05, 0) is 36.6 Å². The number of H-pyrrole nitrogens is 1. The number of benzene rings is 1. The molecule has 0 fully saturated rings. The molecule has 1 atom stereocenters. The summed E-state index contributed by atoms with van der Waals surface area (Å²) in [6.07, 6.45) is 5.57. The van der Waals surface area contributed by atoms with Crippen LogP contribution < -0.4 is 27.7 Å². The largest absolute Gasteiger partial charge is 0.368 e. The molecule has 7 N–H and O–H groups in total. The van der Waals surface area contributed by atoms with Crippen molar-refractivity contribution in [2.24, 2.45) is 17.4 Å². The van der Waals surface area contributed by atoms with E-state index in [1.54, 1.807) is 30.9 Å². The zero-order valence-electron chi connectivity index (χ0n) is 17.1. The lowest BCUT2D eigenvalue weighted by Crippen LogP contribution is -2.38. The molecule has 0 spiro atoms. The van der Waals surface area contributed by atoms with Crippen molar-refractivity contribution in [2.75, 3.05) is 10.6 Å². The molecular formula is C20H24N8O3. The van der Waals surface area contributed by atoms with Crippen molar-refractivity contribution in [3.05, 3.63) is 58.9 Å². The molecule has 0 aliphatic carbocycles. The predicted octanol–water partition coefficient (Wildman–Crippen LogP) is 1.11. The van der Waals surface area contributed by atoms with Crippen LogP contribution in [0.1, 0.15) is 30.6 Å². The van der Waals surface area contributed by atoms with E-state index in [0.717, 1.165) is 5.69 Å². The van der Waals surface area contributed by atoms with E-state index in [4.69, 9.17) is 11.5 Å². The van der Waals surface area contributed by atoms with Gasteiger partial charge in [0.15, 0.2) is 5.82 Å². The second-order valence-electron chi connectivity index (χ2n) is 7.37. The van der Waals surface area contributed by atoms with Gasteiger partial charge in [0, 0.05) is 23.8 Å². The van der Waals surface area contributed by atoms with Crippen LogP contribution in [0.2, 0.25) is 0 Å². The number of nitrogens with zero attached hydrogens (tertiary/aromatic N) is 3. The molecule has 0 aliphatic rings. The normalized spacial score (nSPS) is 11.8. The highest BCUT2D eigenvalue weighted by atomic mass is 16.2. The Kier molecular flexibility index (Phi) is 6.34. The number of carbonyl (C=O) groups is 2. The quantitative estimate of drug-likeness (QED) is 0.342. The predicted molar refractivity (Wildman–Crippen MR) is 116 cm³/mol. The van der Waals surface area contributed by atoms with Crippen LogP contribution in [-0.2, 0) is 4.79 Å². The minimum Gasteiger partial charge on any atom is -0.368 e. The van der Waals surface area contributed by atoms with Crippen LogP contribution in [0.4, 0.5) is 17.5 Å². The van der Waals surface area contributed by atoms with E-state index < -0.39 is 23.4 Å². The molecule has 0 aliphatic heterocycles. The lowest BCUT2D eigenvalue weighted by molar-refractivity contribution is -0.119. The molecule has 1 aromatic carbocycles. The van der Waals surface area contributed by atoms with Gasteiger partial charge >= 0.3 is 0 Å². The van der Waals surface area contributed by atoms with Crippen LogP contribution >= 0.6 is 0 Å². The highest BCUT2D eigenvalue weighted by Crippen LogP contribution is 2.20. The fourth-order valence-electron chi connectivity index (χ4n) is 3.01. The number of rotatable bonds is 9. The molecule has 0 saturated carbocycles. The standard InChI is InChI=1S/C20H24N8O3/c1-11(2)9-14(16(21)29)25-20-26-18(15(17(22)30)19(31)27-20)24-12-3-5-13(6-4-12)28-8-7-23-10-28/h3-8,10-11,14H,9H2,1-2H3,(H2,21,29)(H2,22,30)(H3,24,25,26,27,31)/t14-/m1/s1. The summed E-state index contributed by atoms with van der Waals surface area (Å²) >= 11 is 0. The van der Waals surface area contributed by atoms with Crippen LogP contribution in [0.3, 0.4) is 0 Å². The molecule has 3 aromatic rings. The topological polar surface area (TPSA) is 174 Å². The van der Waals surface area contributed by atoms with Gasteiger partial charge in [-0.2, -0.15) is 4.98 Å². The van der Waals surface area contributed by atoms with Crippen LogP contribution in [-0.4, -0.2) is 37.4 Å². The Hall–Kier alpha value is -4.15. The molecule has 11 heteroatoms. The molecule has 11 nitrogen and oxygen atoms in total. The van der Waals surface area contributed by atoms with Crippen molar-refractivity contribution in [2.45, 2.75) is 26.3 Å². The van der Waals surface area contributed by atoms with E-state index >= 15 is 0 Å². The number of hydrogen-bond acceptors (Lipinski definition) is 7. The van der Waals surface area contributed by atoms with Crippen molar-refractivity contribution >= 4 is 29.3 Å². The van der Waals surface area contributed by atoms with Gasteiger partial charge in [0.1, 0.15) is 11.6 Å². The smallest absolute Gasteiger partial charge is 0.267 e. The molecule has 0 saturated heterocycles. The summed E-state index contributed by atoms with van der Waals surface area (Å²) < 4.78 is 1.82.